The van der Waals surface area contributed by atoms with Crippen LogP contribution in [0.25, 0.3) is 0 Å². The Labute approximate surface area is 152 Å². The van der Waals surface area contributed by atoms with Gasteiger partial charge in [0.2, 0.25) is 5.91 Å². The first-order valence-electron chi connectivity index (χ1n) is 7.33. The zero-order valence-corrected chi connectivity index (χ0v) is 14.9. The van der Waals surface area contributed by atoms with E-state index in [-0.39, 0.29) is 17.6 Å². The topological polar surface area (TPSA) is 88.9 Å². The van der Waals surface area contributed by atoms with E-state index in [2.05, 4.69) is 20.6 Å². The Bertz CT molecular complexity index is 859. The van der Waals surface area contributed by atoms with E-state index in [0.29, 0.717) is 16.4 Å². The number of nitrogens with zero attached hydrogens (tertiary/aromatic N) is 3. The number of amides is 2. The van der Waals surface area contributed by atoms with Crippen molar-refractivity contribution in [3.63, 3.8) is 0 Å². The Balaban J connectivity index is 1.52. The molecule has 2 heterocycles. The minimum absolute atomic E-state index is 0.131. The largest absolute Gasteiger partial charge is 0.329 e. The van der Waals surface area contributed by atoms with Gasteiger partial charge in [-0.15, -0.1) is 11.3 Å². The highest BCUT2D eigenvalue weighted by Crippen LogP contribution is 2.17. The molecule has 0 saturated heterocycles. The SMILES string of the molecule is Cn1ccnc1SCC(=O)Nc1ccc(C(=O)Nc2nccs2)cc1. The molecule has 2 aromatic heterocycles. The molecule has 0 aliphatic rings. The predicted molar refractivity (Wildman–Crippen MR) is 99.1 cm³/mol. The van der Waals surface area contributed by atoms with Crippen molar-refractivity contribution in [2.45, 2.75) is 5.16 Å². The summed E-state index contributed by atoms with van der Waals surface area (Å²) in [6.07, 6.45) is 5.15. The van der Waals surface area contributed by atoms with Crippen LogP contribution in [0, 0.1) is 0 Å². The van der Waals surface area contributed by atoms with Crippen molar-refractivity contribution < 1.29 is 9.59 Å². The summed E-state index contributed by atoms with van der Waals surface area (Å²) >= 11 is 2.71. The van der Waals surface area contributed by atoms with Crippen molar-refractivity contribution in [1.29, 1.82) is 0 Å². The Hall–Kier alpha value is -2.65. The smallest absolute Gasteiger partial charge is 0.257 e. The lowest BCUT2D eigenvalue weighted by molar-refractivity contribution is -0.113. The van der Waals surface area contributed by atoms with E-state index in [1.165, 1.54) is 23.1 Å². The number of carbonyl (C=O) groups excluding carboxylic acids is 2. The first kappa shape index (κ1) is 17.2. The molecule has 9 heteroatoms. The lowest BCUT2D eigenvalue weighted by Gasteiger charge is -2.06. The van der Waals surface area contributed by atoms with Gasteiger partial charge in [0.05, 0.1) is 5.75 Å². The molecule has 0 radical (unpaired) electrons. The molecule has 128 valence electrons. The maximum atomic E-state index is 12.1. The van der Waals surface area contributed by atoms with Crippen molar-refractivity contribution in [3.05, 3.63) is 53.8 Å². The molecule has 0 unspecified atom stereocenters. The predicted octanol–water partition coefficient (Wildman–Crippen LogP) is 2.86. The molecule has 1 aromatic carbocycles. The number of benzene rings is 1. The monoisotopic (exact) mass is 373 g/mol. The van der Waals surface area contributed by atoms with Gasteiger partial charge in [-0.1, -0.05) is 11.8 Å². The molecular formula is C16H15N5O2S2. The number of anilines is 2. The molecule has 0 spiro atoms. The van der Waals surface area contributed by atoms with E-state index < -0.39 is 0 Å². The van der Waals surface area contributed by atoms with Gasteiger partial charge >= 0.3 is 0 Å². The van der Waals surface area contributed by atoms with Gasteiger partial charge in [0.1, 0.15) is 0 Å². The number of thiazole rings is 1. The number of thioether (sulfide) groups is 1. The molecule has 2 amide bonds. The van der Waals surface area contributed by atoms with Gasteiger partial charge in [0, 0.05) is 42.3 Å². The first-order valence-corrected chi connectivity index (χ1v) is 9.19. The molecule has 7 nitrogen and oxygen atoms in total. The average Bonchev–Trinajstić information content (AvgIpc) is 3.25. The number of imidazole rings is 1. The molecule has 3 aromatic rings. The molecule has 0 bridgehead atoms. The lowest BCUT2D eigenvalue weighted by atomic mass is 10.2. The summed E-state index contributed by atoms with van der Waals surface area (Å²) in [6.45, 7) is 0. The Morgan fingerprint density at radius 1 is 1.16 bits per heavy atom. The fraction of sp³-hybridized carbons (Fsp3) is 0.125. The van der Waals surface area contributed by atoms with E-state index in [4.69, 9.17) is 0 Å². The number of nitrogens with one attached hydrogen (secondary N) is 2. The lowest BCUT2D eigenvalue weighted by Crippen LogP contribution is -2.15. The molecule has 3 rings (SSSR count). The highest BCUT2D eigenvalue weighted by Gasteiger charge is 2.09. The Morgan fingerprint density at radius 3 is 2.60 bits per heavy atom. The van der Waals surface area contributed by atoms with Crippen LogP contribution in [0.2, 0.25) is 0 Å². The van der Waals surface area contributed by atoms with Gasteiger partial charge in [-0.2, -0.15) is 0 Å². The van der Waals surface area contributed by atoms with Gasteiger partial charge in [0.25, 0.3) is 5.91 Å². The van der Waals surface area contributed by atoms with Gasteiger partial charge in [-0.25, -0.2) is 9.97 Å². The van der Waals surface area contributed by atoms with Gasteiger partial charge in [-0.3, -0.25) is 14.9 Å². The van der Waals surface area contributed by atoms with Crippen molar-refractivity contribution in [2.75, 3.05) is 16.4 Å². The number of aromatic nitrogens is 3. The van der Waals surface area contributed by atoms with Crippen LogP contribution in [0.1, 0.15) is 10.4 Å². The second kappa shape index (κ2) is 7.95. The molecule has 0 saturated carbocycles. The highest BCUT2D eigenvalue weighted by molar-refractivity contribution is 7.99. The molecule has 0 aliphatic carbocycles. The molecule has 0 fully saturated rings. The fourth-order valence-electron chi connectivity index (χ4n) is 1.98. The van der Waals surface area contributed by atoms with Crippen LogP contribution in [0.3, 0.4) is 0 Å². The zero-order chi connectivity index (χ0) is 17.6. The van der Waals surface area contributed by atoms with E-state index in [0.717, 1.165) is 5.16 Å². The third-order valence-corrected chi connectivity index (χ3v) is 4.94. The average molecular weight is 373 g/mol. The van der Waals surface area contributed by atoms with E-state index in [9.17, 15) is 9.59 Å². The number of hydrogen-bond acceptors (Lipinski definition) is 6. The molecule has 0 atom stereocenters. The summed E-state index contributed by atoms with van der Waals surface area (Å²) in [7, 11) is 1.88. The summed E-state index contributed by atoms with van der Waals surface area (Å²) in [4.78, 5) is 32.2. The molecule has 0 aliphatic heterocycles. The van der Waals surface area contributed by atoms with Crippen molar-refractivity contribution in [3.8, 4) is 0 Å². The van der Waals surface area contributed by atoms with Crippen molar-refractivity contribution >= 4 is 45.7 Å². The van der Waals surface area contributed by atoms with Gasteiger partial charge in [0.15, 0.2) is 10.3 Å². The fourth-order valence-corrected chi connectivity index (χ4v) is 3.23. The summed E-state index contributed by atoms with van der Waals surface area (Å²) < 4.78 is 1.85. The third-order valence-electron chi connectivity index (χ3n) is 3.19. The van der Waals surface area contributed by atoms with E-state index >= 15 is 0 Å². The van der Waals surface area contributed by atoms with Crippen LogP contribution in [0.15, 0.2) is 53.4 Å². The van der Waals surface area contributed by atoms with Gasteiger partial charge < -0.3 is 9.88 Å². The zero-order valence-electron chi connectivity index (χ0n) is 13.3. The summed E-state index contributed by atoms with van der Waals surface area (Å²) in [6, 6.07) is 6.70. The quantitative estimate of drug-likeness (QED) is 0.649. The third kappa shape index (κ3) is 4.68. The number of carbonyl (C=O) groups is 2. The normalized spacial score (nSPS) is 10.4. The van der Waals surface area contributed by atoms with Crippen molar-refractivity contribution in [1.82, 2.24) is 14.5 Å². The van der Waals surface area contributed by atoms with Crippen LogP contribution in [0.5, 0.6) is 0 Å². The maximum absolute atomic E-state index is 12.1. The van der Waals surface area contributed by atoms with Crippen molar-refractivity contribution in [2.24, 2.45) is 7.05 Å². The number of aryl methyl sites for hydroxylation is 1. The maximum Gasteiger partial charge on any atom is 0.257 e. The molecule has 25 heavy (non-hydrogen) atoms. The van der Waals surface area contributed by atoms with Crippen LogP contribution >= 0.6 is 23.1 Å². The van der Waals surface area contributed by atoms with Gasteiger partial charge in [-0.05, 0) is 24.3 Å². The van der Waals surface area contributed by atoms with Crippen LogP contribution in [-0.2, 0) is 11.8 Å². The van der Waals surface area contributed by atoms with Crippen LogP contribution < -0.4 is 10.6 Å². The highest BCUT2D eigenvalue weighted by atomic mass is 32.2. The summed E-state index contributed by atoms with van der Waals surface area (Å²) in [5.74, 6) is -0.108. The minimum atomic E-state index is -0.238. The summed E-state index contributed by atoms with van der Waals surface area (Å²) in [5, 5.41) is 8.63. The molecular weight excluding hydrogens is 358 g/mol. The number of hydrogen-bond donors (Lipinski definition) is 2. The Morgan fingerprint density at radius 2 is 1.96 bits per heavy atom. The second-order valence-corrected chi connectivity index (χ2v) is 6.86. The van der Waals surface area contributed by atoms with Crippen LogP contribution in [-0.4, -0.2) is 32.1 Å². The Kier molecular flexibility index (Phi) is 5.46. The second-order valence-electron chi connectivity index (χ2n) is 5.03. The first-order chi connectivity index (χ1) is 12.1. The van der Waals surface area contributed by atoms with E-state index in [1.54, 1.807) is 42.0 Å². The molecule has 2 N–H and O–H groups in total. The van der Waals surface area contributed by atoms with Crippen LogP contribution in [0.4, 0.5) is 10.8 Å². The number of rotatable bonds is 6. The standard InChI is InChI=1S/C16H15N5O2S2/c1-21-8-6-18-16(21)25-10-13(22)19-12-4-2-11(3-5-12)14(23)20-15-17-7-9-24-15/h2-9H,10H2,1H3,(H,19,22)(H,17,20,23). The summed E-state index contributed by atoms with van der Waals surface area (Å²) in [5.41, 5.74) is 1.13. The minimum Gasteiger partial charge on any atom is -0.329 e. The van der Waals surface area contributed by atoms with E-state index in [1.807, 2.05) is 17.8 Å².